The minimum absolute atomic E-state index is 0.0411. The summed E-state index contributed by atoms with van der Waals surface area (Å²) in [4.78, 5) is 13.7. The van der Waals surface area contributed by atoms with E-state index < -0.39 is 10.1 Å². The van der Waals surface area contributed by atoms with Crippen LogP contribution in [-0.2, 0) is 14.9 Å². The van der Waals surface area contributed by atoms with Crippen molar-refractivity contribution in [3.8, 4) is 5.75 Å². The third-order valence-electron chi connectivity index (χ3n) is 2.48. The van der Waals surface area contributed by atoms with Crippen LogP contribution in [0.4, 0.5) is 0 Å². The first-order valence-electron chi connectivity index (χ1n) is 5.58. The standard InChI is InChI=1S/C12H10ClNO4S3/c1-14-11(15)10(20-12(14)19)6-7-3-4-9(8(13)5-7)18-21(2,16)17/h3-6H,1-2H3/b10-6-. The lowest BCUT2D eigenvalue weighted by Crippen LogP contribution is -2.22. The average Bonchev–Trinajstić information content (AvgIpc) is 2.59. The maximum atomic E-state index is 11.9. The molecule has 0 saturated carbocycles. The van der Waals surface area contributed by atoms with Gasteiger partial charge in [0.2, 0.25) is 0 Å². The van der Waals surface area contributed by atoms with Gasteiger partial charge >= 0.3 is 10.1 Å². The molecule has 1 aliphatic rings. The number of benzene rings is 1. The highest BCUT2D eigenvalue weighted by atomic mass is 35.5. The van der Waals surface area contributed by atoms with E-state index in [4.69, 9.17) is 28.0 Å². The van der Waals surface area contributed by atoms with E-state index in [2.05, 4.69) is 0 Å². The van der Waals surface area contributed by atoms with Crippen molar-refractivity contribution in [3.63, 3.8) is 0 Å². The van der Waals surface area contributed by atoms with Crippen LogP contribution in [0.3, 0.4) is 0 Å². The molecule has 0 radical (unpaired) electrons. The zero-order valence-corrected chi connectivity index (χ0v) is 14.2. The molecule has 2 rings (SSSR count). The maximum Gasteiger partial charge on any atom is 0.306 e. The van der Waals surface area contributed by atoms with E-state index in [0.717, 1.165) is 6.26 Å². The quantitative estimate of drug-likeness (QED) is 0.467. The molecule has 0 bridgehead atoms. The molecule has 0 aliphatic carbocycles. The van der Waals surface area contributed by atoms with Crippen LogP contribution in [0.2, 0.25) is 5.02 Å². The molecular formula is C12H10ClNO4S3. The van der Waals surface area contributed by atoms with E-state index in [1.54, 1.807) is 19.2 Å². The van der Waals surface area contributed by atoms with Crippen LogP contribution in [0.1, 0.15) is 5.56 Å². The molecule has 1 amide bonds. The van der Waals surface area contributed by atoms with E-state index in [1.165, 1.54) is 28.8 Å². The van der Waals surface area contributed by atoms with Gasteiger partial charge in [-0.1, -0.05) is 41.6 Å². The van der Waals surface area contributed by atoms with Gasteiger partial charge in [-0.05, 0) is 23.8 Å². The lowest BCUT2D eigenvalue weighted by Gasteiger charge is -2.06. The number of hydrogen-bond donors (Lipinski definition) is 0. The summed E-state index contributed by atoms with van der Waals surface area (Å²) in [5, 5.41) is 0.140. The number of thiocarbonyl (C=S) groups is 1. The zero-order valence-electron chi connectivity index (χ0n) is 11.0. The second kappa shape index (κ2) is 5.96. The van der Waals surface area contributed by atoms with Gasteiger partial charge in [-0.2, -0.15) is 8.42 Å². The topological polar surface area (TPSA) is 63.7 Å². The van der Waals surface area contributed by atoms with E-state index in [9.17, 15) is 13.2 Å². The van der Waals surface area contributed by atoms with Gasteiger partial charge in [0.05, 0.1) is 16.2 Å². The van der Waals surface area contributed by atoms with Crippen LogP contribution in [0, 0.1) is 0 Å². The fourth-order valence-electron chi connectivity index (χ4n) is 1.53. The second-order valence-corrected chi connectivity index (χ2v) is 7.88. The second-order valence-electron chi connectivity index (χ2n) is 4.22. The minimum atomic E-state index is -3.64. The van der Waals surface area contributed by atoms with E-state index in [0.29, 0.717) is 14.8 Å². The summed E-state index contributed by atoms with van der Waals surface area (Å²) in [6, 6.07) is 4.56. The summed E-state index contributed by atoms with van der Waals surface area (Å²) in [5.74, 6) is -0.142. The Morgan fingerprint density at radius 2 is 2.10 bits per heavy atom. The van der Waals surface area contributed by atoms with Crippen molar-refractivity contribution in [2.45, 2.75) is 0 Å². The molecule has 1 aromatic carbocycles. The first-order chi connectivity index (χ1) is 9.67. The van der Waals surface area contributed by atoms with Crippen molar-refractivity contribution in [2.75, 3.05) is 13.3 Å². The van der Waals surface area contributed by atoms with Gasteiger partial charge in [-0.3, -0.25) is 9.69 Å². The summed E-state index contributed by atoms with van der Waals surface area (Å²) in [7, 11) is -2.03. The third-order valence-corrected chi connectivity index (χ3v) is 4.74. The Morgan fingerprint density at radius 1 is 1.43 bits per heavy atom. The number of likely N-dealkylation sites (N-methyl/N-ethyl adjacent to an activating group) is 1. The highest BCUT2D eigenvalue weighted by Crippen LogP contribution is 2.33. The first kappa shape index (κ1) is 16.3. The number of hydrogen-bond acceptors (Lipinski definition) is 6. The molecule has 0 spiro atoms. The summed E-state index contributed by atoms with van der Waals surface area (Å²) in [6.07, 6.45) is 2.57. The van der Waals surface area contributed by atoms with Crippen LogP contribution in [-0.4, -0.2) is 36.8 Å². The molecule has 1 aliphatic heterocycles. The summed E-state index contributed by atoms with van der Waals surface area (Å²) >= 11 is 12.2. The lowest BCUT2D eigenvalue weighted by atomic mass is 10.2. The van der Waals surface area contributed by atoms with E-state index in [-0.39, 0.29) is 16.7 Å². The molecule has 0 N–H and O–H groups in total. The molecule has 0 unspecified atom stereocenters. The fraction of sp³-hybridized carbons (Fsp3) is 0.167. The Balaban J connectivity index is 2.29. The first-order valence-corrected chi connectivity index (χ1v) is 9.00. The van der Waals surface area contributed by atoms with Gasteiger partial charge in [0.1, 0.15) is 4.32 Å². The zero-order chi connectivity index (χ0) is 15.8. The van der Waals surface area contributed by atoms with Crippen molar-refractivity contribution >= 4 is 62.0 Å². The Morgan fingerprint density at radius 3 is 2.57 bits per heavy atom. The van der Waals surface area contributed by atoms with Gasteiger partial charge in [0.25, 0.3) is 5.91 Å². The number of thioether (sulfide) groups is 1. The number of rotatable bonds is 3. The highest BCUT2D eigenvalue weighted by molar-refractivity contribution is 8.26. The van der Waals surface area contributed by atoms with Gasteiger partial charge in [-0.15, -0.1) is 0 Å². The van der Waals surface area contributed by atoms with Crippen molar-refractivity contribution in [2.24, 2.45) is 0 Å². The Kier molecular flexibility index (Phi) is 4.62. The summed E-state index contributed by atoms with van der Waals surface area (Å²) < 4.78 is 27.4. The number of carbonyl (C=O) groups is 1. The van der Waals surface area contributed by atoms with Crippen LogP contribution in [0.25, 0.3) is 6.08 Å². The van der Waals surface area contributed by atoms with Crippen molar-refractivity contribution in [1.82, 2.24) is 4.90 Å². The Bertz CT molecular complexity index is 758. The monoisotopic (exact) mass is 363 g/mol. The normalized spacial score (nSPS) is 17.7. The van der Waals surface area contributed by atoms with E-state index in [1.807, 2.05) is 0 Å². The Hall–Kier alpha value is -1.09. The summed E-state index contributed by atoms with van der Waals surface area (Å²) in [5.41, 5.74) is 0.648. The molecule has 5 nitrogen and oxygen atoms in total. The summed E-state index contributed by atoms with van der Waals surface area (Å²) in [6.45, 7) is 0. The number of halogens is 1. The van der Waals surface area contributed by atoms with Crippen LogP contribution in [0.15, 0.2) is 23.1 Å². The molecule has 0 atom stereocenters. The molecule has 1 saturated heterocycles. The highest BCUT2D eigenvalue weighted by Gasteiger charge is 2.28. The maximum absolute atomic E-state index is 11.9. The van der Waals surface area contributed by atoms with Crippen molar-refractivity contribution < 1.29 is 17.4 Å². The van der Waals surface area contributed by atoms with Crippen LogP contribution < -0.4 is 4.18 Å². The number of nitrogens with zero attached hydrogens (tertiary/aromatic N) is 1. The smallest absolute Gasteiger partial charge is 0.306 e. The molecule has 112 valence electrons. The SMILES string of the molecule is CN1C(=O)/C(=C/c2ccc(OS(C)(=O)=O)c(Cl)c2)SC1=S. The number of carbonyl (C=O) groups excluding carboxylic acids is 1. The predicted octanol–water partition coefficient (Wildman–Crippen LogP) is 2.51. The molecule has 1 fully saturated rings. The van der Waals surface area contributed by atoms with Crippen molar-refractivity contribution in [3.05, 3.63) is 33.7 Å². The molecule has 9 heteroatoms. The van der Waals surface area contributed by atoms with E-state index >= 15 is 0 Å². The third kappa shape index (κ3) is 3.97. The number of amides is 1. The van der Waals surface area contributed by atoms with Gasteiger partial charge in [0.15, 0.2) is 5.75 Å². The van der Waals surface area contributed by atoms with Gasteiger partial charge in [-0.25, -0.2) is 0 Å². The lowest BCUT2D eigenvalue weighted by molar-refractivity contribution is -0.121. The fourth-order valence-corrected chi connectivity index (χ4v) is 3.46. The minimum Gasteiger partial charge on any atom is -0.381 e. The molecular weight excluding hydrogens is 354 g/mol. The molecule has 1 aromatic rings. The van der Waals surface area contributed by atoms with Crippen LogP contribution >= 0.6 is 35.6 Å². The average molecular weight is 364 g/mol. The predicted molar refractivity (Wildman–Crippen MR) is 87.9 cm³/mol. The Labute approximate surface area is 137 Å². The molecule has 0 aromatic heterocycles. The van der Waals surface area contributed by atoms with Crippen molar-refractivity contribution in [1.29, 1.82) is 0 Å². The largest absolute Gasteiger partial charge is 0.381 e. The van der Waals surface area contributed by atoms with Crippen LogP contribution in [0.5, 0.6) is 5.75 Å². The van der Waals surface area contributed by atoms with Gasteiger partial charge < -0.3 is 4.18 Å². The molecule has 1 heterocycles. The van der Waals surface area contributed by atoms with Gasteiger partial charge in [0, 0.05) is 7.05 Å². The molecule has 21 heavy (non-hydrogen) atoms.